The summed E-state index contributed by atoms with van der Waals surface area (Å²) in [5, 5.41) is 14.1. The van der Waals surface area contributed by atoms with Crippen LogP contribution in [0.3, 0.4) is 0 Å². The smallest absolute Gasteiger partial charge is 0.325 e. The van der Waals surface area contributed by atoms with Crippen molar-refractivity contribution in [2.45, 2.75) is 19.0 Å². The highest BCUT2D eigenvalue weighted by atomic mass is 19.1. The number of rotatable bonds is 7. The summed E-state index contributed by atoms with van der Waals surface area (Å²) >= 11 is 0. The van der Waals surface area contributed by atoms with Gasteiger partial charge in [0, 0.05) is 35.2 Å². The minimum absolute atomic E-state index is 0.0461. The number of ether oxygens (including phenoxy) is 2. The van der Waals surface area contributed by atoms with Crippen molar-refractivity contribution in [1.82, 2.24) is 0 Å². The fraction of sp³-hybridized carbons (Fsp3) is 0.350. The molecule has 0 spiro atoms. The maximum Gasteiger partial charge on any atom is 0.325 e. The van der Waals surface area contributed by atoms with E-state index in [4.69, 9.17) is 9.47 Å². The largest absolute Gasteiger partial charge is 0.494 e. The number of methoxy groups -OCH3 is 2. The van der Waals surface area contributed by atoms with Crippen LogP contribution < -0.4 is 15.0 Å². The first kappa shape index (κ1) is 20.4. The number of esters is 1. The fourth-order valence-electron chi connectivity index (χ4n) is 3.39. The molecule has 29 heavy (non-hydrogen) atoms. The number of nitrogens with one attached hydrogen (secondary N) is 1. The van der Waals surface area contributed by atoms with Crippen LogP contribution in [0.2, 0.25) is 0 Å². The Hall–Kier alpha value is -3.36. The Labute approximate surface area is 167 Å². The number of fused-ring (bicyclic) bond motifs is 1. The van der Waals surface area contributed by atoms with Crippen molar-refractivity contribution in [2.75, 3.05) is 37.5 Å². The van der Waals surface area contributed by atoms with Gasteiger partial charge < -0.3 is 19.7 Å². The van der Waals surface area contributed by atoms with Gasteiger partial charge >= 0.3 is 5.97 Å². The summed E-state index contributed by atoms with van der Waals surface area (Å²) in [6.45, 7) is 0.134. The molecule has 0 saturated carbocycles. The van der Waals surface area contributed by atoms with Crippen LogP contribution in [0.1, 0.15) is 11.1 Å². The van der Waals surface area contributed by atoms with E-state index in [0.717, 1.165) is 5.56 Å². The van der Waals surface area contributed by atoms with Gasteiger partial charge in [-0.25, -0.2) is 4.39 Å². The quantitative estimate of drug-likeness (QED) is 0.431. The maximum absolute atomic E-state index is 15.6. The highest BCUT2D eigenvalue weighted by Gasteiger charge is 2.33. The first-order valence-electron chi connectivity index (χ1n) is 9.07. The van der Waals surface area contributed by atoms with Gasteiger partial charge in [-0.3, -0.25) is 14.9 Å². The molecule has 1 N–H and O–H groups in total. The third-order valence-corrected chi connectivity index (χ3v) is 4.87. The second-order valence-corrected chi connectivity index (χ2v) is 6.71. The molecule has 0 bridgehead atoms. The maximum atomic E-state index is 15.6. The Morgan fingerprint density at radius 2 is 2.07 bits per heavy atom. The molecule has 1 unspecified atom stereocenters. The lowest BCUT2D eigenvalue weighted by molar-refractivity contribution is -0.518. The fourth-order valence-corrected chi connectivity index (χ4v) is 3.39. The summed E-state index contributed by atoms with van der Waals surface area (Å²) in [4.78, 5) is 24.3. The van der Waals surface area contributed by atoms with Crippen molar-refractivity contribution in [1.29, 1.82) is 0 Å². The molecule has 9 heteroatoms. The van der Waals surface area contributed by atoms with Gasteiger partial charge in [-0.2, -0.15) is 0 Å². The average Bonchev–Trinajstić information content (AvgIpc) is 2.73. The predicted octanol–water partition coefficient (Wildman–Crippen LogP) is 2.63. The summed E-state index contributed by atoms with van der Waals surface area (Å²) in [6.07, 6.45) is -0.0461. The molecule has 1 atom stereocenters. The number of nitro groups is 1. The van der Waals surface area contributed by atoms with Crippen LogP contribution in [0.15, 0.2) is 36.4 Å². The van der Waals surface area contributed by atoms with Crippen molar-refractivity contribution in [3.8, 4) is 5.75 Å². The summed E-state index contributed by atoms with van der Waals surface area (Å²) in [7, 11) is 2.67. The molecule has 154 valence electrons. The van der Waals surface area contributed by atoms with Crippen LogP contribution in [0, 0.1) is 15.9 Å². The van der Waals surface area contributed by atoms with E-state index in [1.807, 2.05) is 30.3 Å². The molecule has 0 amide bonds. The number of carbonyl (C=O) groups excluding carboxylic acids is 1. The molecule has 1 aliphatic rings. The number of halogens is 1. The van der Waals surface area contributed by atoms with E-state index in [2.05, 4.69) is 5.32 Å². The van der Waals surface area contributed by atoms with Crippen LogP contribution in [0.5, 0.6) is 5.75 Å². The van der Waals surface area contributed by atoms with E-state index >= 15 is 4.39 Å². The van der Waals surface area contributed by atoms with Crippen molar-refractivity contribution < 1.29 is 23.6 Å². The molecule has 3 rings (SSSR count). The van der Waals surface area contributed by atoms with Crippen LogP contribution in [0.25, 0.3) is 0 Å². The monoisotopic (exact) mass is 403 g/mol. The Morgan fingerprint density at radius 3 is 2.69 bits per heavy atom. The van der Waals surface area contributed by atoms with Crippen LogP contribution in [-0.2, 0) is 22.5 Å². The molecule has 2 aromatic carbocycles. The number of benzene rings is 2. The zero-order valence-corrected chi connectivity index (χ0v) is 16.2. The lowest BCUT2D eigenvalue weighted by Gasteiger charge is -2.29. The molecular weight excluding hydrogens is 381 g/mol. The van der Waals surface area contributed by atoms with E-state index in [1.54, 1.807) is 6.07 Å². The third-order valence-electron chi connectivity index (χ3n) is 4.87. The second-order valence-electron chi connectivity index (χ2n) is 6.71. The molecule has 1 heterocycles. The first-order valence-corrected chi connectivity index (χ1v) is 9.07. The SMILES string of the molecule is COC(=O)CN(Cc1ccccc1)c1c(OC)cc2c(c1F)CC([N+](=O)[O-])CN2. The average molecular weight is 403 g/mol. The summed E-state index contributed by atoms with van der Waals surface area (Å²) < 4.78 is 25.8. The van der Waals surface area contributed by atoms with Gasteiger partial charge in [0.05, 0.1) is 20.8 Å². The predicted molar refractivity (Wildman–Crippen MR) is 105 cm³/mol. The Bertz CT molecular complexity index is 907. The minimum Gasteiger partial charge on any atom is -0.494 e. The number of nitrogens with zero attached hydrogens (tertiary/aromatic N) is 2. The molecule has 0 fully saturated rings. The Morgan fingerprint density at radius 1 is 1.34 bits per heavy atom. The highest BCUT2D eigenvalue weighted by Crippen LogP contribution is 2.40. The zero-order valence-electron chi connectivity index (χ0n) is 16.2. The van der Waals surface area contributed by atoms with Gasteiger partial charge in [-0.05, 0) is 5.56 Å². The minimum atomic E-state index is -0.929. The van der Waals surface area contributed by atoms with E-state index < -0.39 is 22.8 Å². The van der Waals surface area contributed by atoms with Crippen molar-refractivity contribution in [3.05, 3.63) is 63.5 Å². The summed E-state index contributed by atoms with van der Waals surface area (Å²) in [6, 6.07) is 9.95. The lowest BCUT2D eigenvalue weighted by atomic mass is 9.97. The standard InChI is InChI=1S/C20H22FN3O5/c1-28-17-9-16-15(8-14(10-22-16)24(26)27)19(21)20(17)23(12-18(25)29-2)11-13-6-4-3-5-7-13/h3-7,9,14,22H,8,10-12H2,1-2H3. The molecule has 0 saturated heterocycles. The van der Waals surface area contributed by atoms with Gasteiger partial charge in [0.1, 0.15) is 18.0 Å². The zero-order chi connectivity index (χ0) is 21.0. The van der Waals surface area contributed by atoms with Gasteiger partial charge in [-0.1, -0.05) is 30.3 Å². The van der Waals surface area contributed by atoms with Gasteiger partial charge in [0.25, 0.3) is 0 Å². The number of hydrogen-bond acceptors (Lipinski definition) is 7. The van der Waals surface area contributed by atoms with Crippen LogP contribution in [0.4, 0.5) is 15.8 Å². The summed E-state index contributed by atoms with van der Waals surface area (Å²) in [5.74, 6) is -0.951. The third kappa shape index (κ3) is 4.39. The van der Waals surface area contributed by atoms with E-state index in [0.29, 0.717) is 5.69 Å². The van der Waals surface area contributed by atoms with Crippen LogP contribution in [-0.4, -0.2) is 44.2 Å². The van der Waals surface area contributed by atoms with Gasteiger partial charge in [0.2, 0.25) is 6.04 Å². The van der Waals surface area contributed by atoms with Gasteiger partial charge in [-0.15, -0.1) is 0 Å². The first-order chi connectivity index (χ1) is 13.9. The Balaban J connectivity index is 2.07. The van der Waals surface area contributed by atoms with Gasteiger partial charge in [0.15, 0.2) is 5.82 Å². The molecule has 0 aromatic heterocycles. The molecular formula is C20H22FN3O5. The lowest BCUT2D eigenvalue weighted by Crippen LogP contribution is -2.36. The molecule has 1 aliphatic heterocycles. The van der Waals surface area contributed by atoms with Crippen molar-refractivity contribution >= 4 is 17.3 Å². The highest BCUT2D eigenvalue weighted by molar-refractivity contribution is 5.79. The molecule has 0 radical (unpaired) electrons. The molecule has 2 aromatic rings. The van der Waals surface area contributed by atoms with Crippen molar-refractivity contribution in [3.63, 3.8) is 0 Å². The number of anilines is 2. The second kappa shape index (κ2) is 8.76. The van der Waals surface area contributed by atoms with E-state index in [-0.39, 0.29) is 43.1 Å². The molecule has 0 aliphatic carbocycles. The molecule has 8 nitrogen and oxygen atoms in total. The van der Waals surface area contributed by atoms with E-state index in [9.17, 15) is 14.9 Å². The van der Waals surface area contributed by atoms with Crippen LogP contribution >= 0.6 is 0 Å². The van der Waals surface area contributed by atoms with Crippen molar-refractivity contribution in [2.24, 2.45) is 0 Å². The topological polar surface area (TPSA) is 93.9 Å². The van der Waals surface area contributed by atoms with E-state index in [1.165, 1.54) is 19.1 Å². The number of hydrogen-bond donors (Lipinski definition) is 1. The number of carbonyl (C=O) groups is 1. The normalized spacial score (nSPS) is 15.1. The Kier molecular flexibility index (Phi) is 6.16. The summed E-state index contributed by atoms with van der Waals surface area (Å²) in [5.41, 5.74) is 1.60.